The van der Waals surface area contributed by atoms with Gasteiger partial charge in [0.2, 0.25) is 11.7 Å². The van der Waals surface area contributed by atoms with Gasteiger partial charge in [0.05, 0.1) is 12.2 Å². The van der Waals surface area contributed by atoms with E-state index >= 15 is 0 Å². The SMILES string of the molecule is Cc1ccn2cc(CNC(=O)/C=C/CN(C)C)nc2n1. The first kappa shape index (κ1) is 14.2. The molecule has 6 nitrogen and oxygen atoms in total. The Hall–Kier alpha value is -2.21. The number of nitrogens with zero attached hydrogens (tertiary/aromatic N) is 4. The minimum absolute atomic E-state index is 0.118. The number of imidazole rings is 1. The fourth-order valence-electron chi connectivity index (χ4n) is 1.70. The van der Waals surface area contributed by atoms with Crippen molar-refractivity contribution in [2.75, 3.05) is 20.6 Å². The molecule has 0 aliphatic carbocycles. The van der Waals surface area contributed by atoms with Crippen LogP contribution in [-0.4, -0.2) is 45.8 Å². The molecule has 0 fully saturated rings. The number of aryl methyl sites for hydroxylation is 1. The number of nitrogens with one attached hydrogen (secondary N) is 1. The molecule has 6 heteroatoms. The highest BCUT2D eigenvalue weighted by Crippen LogP contribution is 2.03. The summed E-state index contributed by atoms with van der Waals surface area (Å²) < 4.78 is 1.84. The second kappa shape index (κ2) is 6.29. The highest BCUT2D eigenvalue weighted by molar-refractivity contribution is 5.87. The van der Waals surface area contributed by atoms with Gasteiger partial charge in [-0.15, -0.1) is 0 Å². The third-order valence-electron chi connectivity index (χ3n) is 2.70. The van der Waals surface area contributed by atoms with Gasteiger partial charge in [-0.1, -0.05) is 6.08 Å². The Morgan fingerprint density at radius 3 is 3.00 bits per heavy atom. The first-order valence-corrected chi connectivity index (χ1v) is 6.45. The molecule has 1 amide bonds. The van der Waals surface area contributed by atoms with Crippen molar-refractivity contribution in [3.63, 3.8) is 0 Å². The molecule has 0 atom stereocenters. The van der Waals surface area contributed by atoms with Gasteiger partial charge in [0.15, 0.2) is 0 Å². The van der Waals surface area contributed by atoms with E-state index in [0.29, 0.717) is 12.3 Å². The zero-order valence-corrected chi connectivity index (χ0v) is 12.0. The van der Waals surface area contributed by atoms with E-state index in [1.807, 2.05) is 54.9 Å². The van der Waals surface area contributed by atoms with Crippen molar-refractivity contribution in [2.24, 2.45) is 0 Å². The van der Waals surface area contributed by atoms with Gasteiger partial charge in [0.25, 0.3) is 0 Å². The average Bonchev–Trinajstić information content (AvgIpc) is 2.77. The van der Waals surface area contributed by atoms with Gasteiger partial charge in [-0.3, -0.25) is 9.20 Å². The molecule has 0 aromatic carbocycles. The summed E-state index contributed by atoms with van der Waals surface area (Å²) in [6.45, 7) is 3.06. The molecule has 0 spiro atoms. The second-order valence-corrected chi connectivity index (χ2v) is 4.89. The highest BCUT2D eigenvalue weighted by Gasteiger charge is 2.03. The first-order valence-electron chi connectivity index (χ1n) is 6.45. The van der Waals surface area contributed by atoms with E-state index in [1.54, 1.807) is 0 Å². The number of carbonyl (C=O) groups is 1. The van der Waals surface area contributed by atoms with Gasteiger partial charge in [-0.25, -0.2) is 9.97 Å². The van der Waals surface area contributed by atoms with Gasteiger partial charge < -0.3 is 10.2 Å². The summed E-state index contributed by atoms with van der Waals surface area (Å²) in [5.74, 6) is 0.533. The van der Waals surface area contributed by atoms with Gasteiger partial charge in [0.1, 0.15) is 0 Å². The largest absolute Gasteiger partial charge is 0.347 e. The number of hydrogen-bond acceptors (Lipinski definition) is 4. The lowest BCUT2D eigenvalue weighted by atomic mass is 10.4. The minimum Gasteiger partial charge on any atom is -0.347 e. The Kier molecular flexibility index (Phi) is 4.47. The van der Waals surface area contributed by atoms with Gasteiger partial charge in [-0.2, -0.15) is 0 Å². The zero-order valence-electron chi connectivity index (χ0n) is 12.0. The van der Waals surface area contributed by atoms with Crippen LogP contribution < -0.4 is 5.32 Å². The number of hydrogen-bond donors (Lipinski definition) is 1. The molecule has 20 heavy (non-hydrogen) atoms. The molecule has 2 aromatic heterocycles. The summed E-state index contributed by atoms with van der Waals surface area (Å²) in [6, 6.07) is 1.92. The summed E-state index contributed by atoms with van der Waals surface area (Å²) in [4.78, 5) is 22.3. The van der Waals surface area contributed by atoms with Crippen LogP contribution in [0.4, 0.5) is 0 Å². The second-order valence-electron chi connectivity index (χ2n) is 4.89. The molecule has 106 valence electrons. The Labute approximate surface area is 118 Å². The predicted octanol–water partition coefficient (Wildman–Crippen LogP) is 0.772. The van der Waals surface area contributed by atoms with E-state index in [4.69, 9.17) is 0 Å². The van der Waals surface area contributed by atoms with Crippen molar-refractivity contribution < 1.29 is 4.79 Å². The number of aromatic nitrogens is 3. The molecular formula is C14H19N5O. The lowest BCUT2D eigenvalue weighted by Crippen LogP contribution is -2.21. The maximum Gasteiger partial charge on any atom is 0.244 e. The Morgan fingerprint density at radius 2 is 2.25 bits per heavy atom. The first-order chi connectivity index (χ1) is 9.54. The Bertz CT molecular complexity index is 630. The highest BCUT2D eigenvalue weighted by atomic mass is 16.1. The van der Waals surface area contributed by atoms with Crippen molar-refractivity contribution in [1.29, 1.82) is 0 Å². The molecule has 0 aliphatic heterocycles. The number of likely N-dealkylation sites (N-methyl/N-ethyl adjacent to an activating group) is 1. The summed E-state index contributed by atoms with van der Waals surface area (Å²) in [5.41, 5.74) is 1.71. The van der Waals surface area contributed by atoms with Crippen LogP contribution in [0.5, 0.6) is 0 Å². The van der Waals surface area contributed by atoms with E-state index in [0.717, 1.165) is 17.9 Å². The third-order valence-corrected chi connectivity index (χ3v) is 2.70. The summed E-state index contributed by atoms with van der Waals surface area (Å²) in [5, 5.41) is 2.80. The van der Waals surface area contributed by atoms with Crippen molar-refractivity contribution in [1.82, 2.24) is 24.6 Å². The topological polar surface area (TPSA) is 62.5 Å². The average molecular weight is 273 g/mol. The molecule has 2 heterocycles. The monoisotopic (exact) mass is 273 g/mol. The van der Waals surface area contributed by atoms with Crippen LogP contribution in [0.1, 0.15) is 11.4 Å². The lowest BCUT2D eigenvalue weighted by molar-refractivity contribution is -0.116. The third kappa shape index (κ3) is 3.89. The maximum absolute atomic E-state index is 11.6. The van der Waals surface area contributed by atoms with E-state index in [-0.39, 0.29) is 5.91 Å². The van der Waals surface area contributed by atoms with Gasteiger partial charge in [0, 0.05) is 30.7 Å². The predicted molar refractivity (Wildman–Crippen MR) is 77.3 cm³/mol. The Morgan fingerprint density at radius 1 is 1.45 bits per heavy atom. The summed E-state index contributed by atoms with van der Waals surface area (Å²) in [6.07, 6.45) is 7.14. The molecule has 0 aliphatic rings. The van der Waals surface area contributed by atoms with E-state index in [2.05, 4.69) is 15.3 Å². The minimum atomic E-state index is -0.118. The molecule has 0 unspecified atom stereocenters. The molecular weight excluding hydrogens is 254 g/mol. The standard InChI is InChI=1S/C14H19N5O/c1-11-6-8-19-10-12(17-14(19)16-11)9-15-13(20)5-4-7-18(2)3/h4-6,8,10H,7,9H2,1-3H3,(H,15,20)/b5-4+. The Balaban J connectivity index is 1.92. The van der Waals surface area contributed by atoms with Crippen LogP contribution >= 0.6 is 0 Å². The quantitative estimate of drug-likeness (QED) is 0.817. The van der Waals surface area contributed by atoms with Gasteiger partial charge >= 0.3 is 0 Å². The molecule has 0 saturated carbocycles. The smallest absolute Gasteiger partial charge is 0.244 e. The molecule has 0 saturated heterocycles. The van der Waals surface area contributed by atoms with Crippen LogP contribution in [0.15, 0.2) is 30.6 Å². The van der Waals surface area contributed by atoms with Crippen LogP contribution in [0, 0.1) is 6.92 Å². The molecule has 1 N–H and O–H groups in total. The van der Waals surface area contributed by atoms with Crippen LogP contribution in [0.3, 0.4) is 0 Å². The number of fused-ring (bicyclic) bond motifs is 1. The van der Waals surface area contributed by atoms with Crippen molar-refractivity contribution in [2.45, 2.75) is 13.5 Å². The van der Waals surface area contributed by atoms with Crippen LogP contribution in [0.25, 0.3) is 5.78 Å². The summed E-state index contributed by atoms with van der Waals surface area (Å²) >= 11 is 0. The fraction of sp³-hybridized carbons (Fsp3) is 0.357. The van der Waals surface area contributed by atoms with E-state index < -0.39 is 0 Å². The lowest BCUT2D eigenvalue weighted by Gasteiger charge is -2.03. The zero-order chi connectivity index (χ0) is 14.5. The van der Waals surface area contributed by atoms with E-state index in [9.17, 15) is 4.79 Å². The van der Waals surface area contributed by atoms with Crippen LogP contribution in [0.2, 0.25) is 0 Å². The number of rotatable bonds is 5. The molecule has 2 aromatic rings. The normalized spacial score (nSPS) is 11.6. The number of carbonyl (C=O) groups excluding carboxylic acids is 1. The van der Waals surface area contributed by atoms with Crippen molar-refractivity contribution in [3.05, 3.63) is 42.0 Å². The fourth-order valence-corrected chi connectivity index (χ4v) is 1.70. The summed E-state index contributed by atoms with van der Waals surface area (Å²) in [7, 11) is 3.90. The van der Waals surface area contributed by atoms with Gasteiger partial charge in [-0.05, 0) is 27.1 Å². The maximum atomic E-state index is 11.6. The van der Waals surface area contributed by atoms with Crippen LogP contribution in [-0.2, 0) is 11.3 Å². The number of amides is 1. The molecule has 0 radical (unpaired) electrons. The molecule has 0 bridgehead atoms. The molecule has 2 rings (SSSR count). The van der Waals surface area contributed by atoms with Crippen molar-refractivity contribution in [3.8, 4) is 0 Å². The van der Waals surface area contributed by atoms with E-state index in [1.165, 1.54) is 6.08 Å². The van der Waals surface area contributed by atoms with Crippen molar-refractivity contribution >= 4 is 11.7 Å².